The molecule has 0 fully saturated rings. The van der Waals surface area contributed by atoms with Crippen LogP contribution in [0.3, 0.4) is 0 Å². The first-order valence-corrected chi connectivity index (χ1v) is 7.67. The molecule has 0 aromatic heterocycles. The van der Waals surface area contributed by atoms with Gasteiger partial charge in [-0.2, -0.15) is 0 Å². The zero-order chi connectivity index (χ0) is 15.0. The standard InChI is InChI=1S/C16H25NO2S/c1-4-8-18-14-7-6-13(12(3)10-16(17)20)11-15(14)19-9-5-2/h6-7,11-12H,4-5,8-10H2,1-3H3,(H2,17,20). The average molecular weight is 295 g/mol. The van der Waals surface area contributed by atoms with E-state index in [1.807, 2.05) is 12.1 Å². The molecule has 0 radical (unpaired) electrons. The lowest BCUT2D eigenvalue weighted by molar-refractivity contribution is 0.268. The SMILES string of the molecule is CCCOc1ccc(C(C)CC(N)=S)cc1OCCC. The third-order valence-corrected chi connectivity index (χ3v) is 3.13. The van der Waals surface area contributed by atoms with E-state index >= 15 is 0 Å². The van der Waals surface area contributed by atoms with Gasteiger partial charge >= 0.3 is 0 Å². The van der Waals surface area contributed by atoms with Crippen molar-refractivity contribution in [3.05, 3.63) is 23.8 Å². The normalized spacial score (nSPS) is 11.9. The summed E-state index contributed by atoms with van der Waals surface area (Å²) in [5.41, 5.74) is 6.79. The van der Waals surface area contributed by atoms with Crippen molar-refractivity contribution in [3.63, 3.8) is 0 Å². The molecule has 0 spiro atoms. The summed E-state index contributed by atoms with van der Waals surface area (Å²) in [5, 5.41) is 0. The van der Waals surface area contributed by atoms with E-state index in [1.165, 1.54) is 5.56 Å². The van der Waals surface area contributed by atoms with Crippen LogP contribution in [0, 0.1) is 0 Å². The molecule has 0 aliphatic rings. The van der Waals surface area contributed by atoms with E-state index in [0.717, 1.165) is 24.3 Å². The van der Waals surface area contributed by atoms with E-state index in [4.69, 9.17) is 27.4 Å². The van der Waals surface area contributed by atoms with Crippen LogP contribution < -0.4 is 15.2 Å². The summed E-state index contributed by atoms with van der Waals surface area (Å²) in [5.74, 6) is 1.91. The Kier molecular flexibility index (Phi) is 7.37. The van der Waals surface area contributed by atoms with Gasteiger partial charge in [-0.1, -0.05) is 39.1 Å². The van der Waals surface area contributed by atoms with Crippen LogP contribution in [0.4, 0.5) is 0 Å². The third-order valence-electron chi connectivity index (χ3n) is 2.97. The predicted molar refractivity (Wildman–Crippen MR) is 87.8 cm³/mol. The van der Waals surface area contributed by atoms with Gasteiger partial charge in [0.05, 0.1) is 18.2 Å². The molecule has 0 bridgehead atoms. The largest absolute Gasteiger partial charge is 0.490 e. The van der Waals surface area contributed by atoms with Gasteiger partial charge in [-0.3, -0.25) is 0 Å². The van der Waals surface area contributed by atoms with Crippen LogP contribution >= 0.6 is 12.2 Å². The van der Waals surface area contributed by atoms with Crippen molar-refractivity contribution in [1.29, 1.82) is 0 Å². The van der Waals surface area contributed by atoms with Crippen LogP contribution in [0.15, 0.2) is 18.2 Å². The van der Waals surface area contributed by atoms with Crippen molar-refractivity contribution in [2.45, 2.75) is 46.0 Å². The van der Waals surface area contributed by atoms with E-state index in [9.17, 15) is 0 Å². The molecule has 0 heterocycles. The fourth-order valence-corrected chi connectivity index (χ4v) is 2.16. The molecule has 1 unspecified atom stereocenters. The molecular weight excluding hydrogens is 270 g/mol. The Labute approximate surface area is 127 Å². The minimum absolute atomic E-state index is 0.289. The highest BCUT2D eigenvalue weighted by molar-refractivity contribution is 7.80. The minimum Gasteiger partial charge on any atom is -0.490 e. The molecule has 1 atom stereocenters. The van der Waals surface area contributed by atoms with Gasteiger partial charge in [0.15, 0.2) is 11.5 Å². The first kappa shape index (κ1) is 16.8. The second kappa shape index (κ2) is 8.80. The van der Waals surface area contributed by atoms with Gasteiger partial charge in [0.25, 0.3) is 0 Å². The first-order valence-electron chi connectivity index (χ1n) is 7.26. The monoisotopic (exact) mass is 295 g/mol. The Hall–Kier alpha value is -1.29. The fraction of sp³-hybridized carbons (Fsp3) is 0.562. The van der Waals surface area contributed by atoms with Gasteiger partial charge in [-0.15, -0.1) is 0 Å². The Balaban J connectivity index is 2.90. The maximum atomic E-state index is 5.79. The van der Waals surface area contributed by atoms with Gasteiger partial charge < -0.3 is 15.2 Å². The summed E-state index contributed by atoms with van der Waals surface area (Å²) in [7, 11) is 0. The van der Waals surface area contributed by atoms with Gasteiger partial charge in [0, 0.05) is 6.42 Å². The topological polar surface area (TPSA) is 44.5 Å². The van der Waals surface area contributed by atoms with Crippen LogP contribution in [0.5, 0.6) is 11.5 Å². The van der Waals surface area contributed by atoms with E-state index in [0.29, 0.717) is 24.6 Å². The van der Waals surface area contributed by atoms with Crippen LogP contribution in [-0.4, -0.2) is 18.2 Å². The van der Waals surface area contributed by atoms with Gasteiger partial charge in [-0.25, -0.2) is 0 Å². The molecule has 0 amide bonds. The summed E-state index contributed by atoms with van der Waals surface area (Å²) >= 11 is 4.98. The van der Waals surface area contributed by atoms with E-state index in [1.54, 1.807) is 0 Å². The molecule has 0 saturated carbocycles. The minimum atomic E-state index is 0.289. The molecule has 0 aliphatic heterocycles. The van der Waals surface area contributed by atoms with Crippen molar-refractivity contribution >= 4 is 17.2 Å². The molecular formula is C16H25NO2S. The third kappa shape index (κ3) is 5.37. The number of ether oxygens (including phenoxy) is 2. The van der Waals surface area contributed by atoms with Crippen molar-refractivity contribution in [2.75, 3.05) is 13.2 Å². The smallest absolute Gasteiger partial charge is 0.161 e. The number of nitrogens with two attached hydrogens (primary N) is 1. The number of hydrogen-bond acceptors (Lipinski definition) is 3. The maximum Gasteiger partial charge on any atom is 0.161 e. The lowest BCUT2D eigenvalue weighted by Gasteiger charge is -2.16. The summed E-state index contributed by atoms with van der Waals surface area (Å²) in [6.45, 7) is 7.68. The van der Waals surface area contributed by atoms with E-state index in [-0.39, 0.29) is 5.92 Å². The molecule has 20 heavy (non-hydrogen) atoms. The predicted octanol–water partition coefficient (Wildman–Crippen LogP) is 4.04. The summed E-state index contributed by atoms with van der Waals surface area (Å²) in [6.07, 6.45) is 2.66. The van der Waals surface area contributed by atoms with Crippen molar-refractivity contribution < 1.29 is 9.47 Å². The highest BCUT2D eigenvalue weighted by Gasteiger charge is 2.12. The van der Waals surface area contributed by atoms with Crippen LogP contribution in [0.1, 0.15) is 51.5 Å². The molecule has 1 aromatic carbocycles. The van der Waals surface area contributed by atoms with Gasteiger partial charge in [0.2, 0.25) is 0 Å². The molecule has 112 valence electrons. The maximum absolute atomic E-state index is 5.79. The molecule has 2 N–H and O–H groups in total. The Morgan fingerprint density at radius 3 is 2.30 bits per heavy atom. The second-order valence-electron chi connectivity index (χ2n) is 4.97. The van der Waals surface area contributed by atoms with Crippen molar-refractivity contribution in [1.82, 2.24) is 0 Å². The second-order valence-corrected chi connectivity index (χ2v) is 5.50. The molecule has 3 nitrogen and oxygen atoms in total. The van der Waals surface area contributed by atoms with E-state index in [2.05, 4.69) is 26.8 Å². The Bertz CT molecular complexity index is 434. The first-order chi connectivity index (χ1) is 9.58. The average Bonchev–Trinajstić information content (AvgIpc) is 2.42. The fourth-order valence-electron chi connectivity index (χ4n) is 1.91. The highest BCUT2D eigenvalue weighted by Crippen LogP contribution is 2.32. The van der Waals surface area contributed by atoms with Gasteiger partial charge in [-0.05, 0) is 36.5 Å². The number of rotatable bonds is 9. The molecule has 1 aromatic rings. The lowest BCUT2D eigenvalue weighted by Crippen LogP contribution is -2.11. The zero-order valence-corrected chi connectivity index (χ0v) is 13.5. The molecule has 0 aliphatic carbocycles. The van der Waals surface area contributed by atoms with E-state index < -0.39 is 0 Å². The summed E-state index contributed by atoms with van der Waals surface area (Å²) in [4.78, 5) is 0.542. The zero-order valence-electron chi connectivity index (χ0n) is 12.6. The molecule has 0 saturated heterocycles. The summed E-state index contributed by atoms with van der Waals surface area (Å²) < 4.78 is 11.5. The number of benzene rings is 1. The number of thiocarbonyl (C=S) groups is 1. The van der Waals surface area contributed by atoms with Crippen LogP contribution in [-0.2, 0) is 0 Å². The number of hydrogen-bond donors (Lipinski definition) is 1. The molecule has 4 heteroatoms. The lowest BCUT2D eigenvalue weighted by atomic mass is 9.97. The summed E-state index contributed by atoms with van der Waals surface area (Å²) in [6, 6.07) is 6.09. The van der Waals surface area contributed by atoms with Crippen LogP contribution in [0.25, 0.3) is 0 Å². The quantitative estimate of drug-likeness (QED) is 0.698. The Morgan fingerprint density at radius 1 is 1.15 bits per heavy atom. The van der Waals surface area contributed by atoms with Crippen molar-refractivity contribution in [3.8, 4) is 11.5 Å². The van der Waals surface area contributed by atoms with Gasteiger partial charge in [0.1, 0.15) is 0 Å². The van der Waals surface area contributed by atoms with Crippen molar-refractivity contribution in [2.24, 2.45) is 5.73 Å². The molecule has 1 rings (SSSR count). The Morgan fingerprint density at radius 2 is 1.75 bits per heavy atom. The van der Waals surface area contributed by atoms with Crippen LogP contribution in [0.2, 0.25) is 0 Å². The highest BCUT2D eigenvalue weighted by atomic mass is 32.1.